The third kappa shape index (κ3) is 8.51. The van der Waals surface area contributed by atoms with E-state index in [-0.39, 0.29) is 37.2 Å². The average Bonchev–Trinajstić information content (AvgIpc) is 3.34. The van der Waals surface area contributed by atoms with Crippen LogP contribution in [0.4, 0.5) is 20.6 Å². The van der Waals surface area contributed by atoms with Gasteiger partial charge in [0.2, 0.25) is 0 Å². The Kier molecular flexibility index (Phi) is 10.6. The van der Waals surface area contributed by atoms with Crippen LogP contribution in [0.1, 0.15) is 36.5 Å². The van der Waals surface area contributed by atoms with Crippen molar-refractivity contribution in [3.8, 4) is 0 Å². The summed E-state index contributed by atoms with van der Waals surface area (Å²) in [4.78, 5) is 43.3. The summed E-state index contributed by atoms with van der Waals surface area (Å²) in [6.45, 7) is 4.26. The van der Waals surface area contributed by atoms with Gasteiger partial charge in [-0.05, 0) is 24.6 Å². The Morgan fingerprint density at radius 3 is 2.40 bits per heavy atom. The standard InChI is InChI=1S/C28H34AsFN4O6S2/c1-3-26(41)31-17-22-18-34(28(37)40-22)21-8-9-24(23(30)16-21)32-12-14-33(15-13-32)27(36)11-10-25(35)19-4-6-20(7-5-19)29-42(2,38)39/h4-9,16,22,29H,3,10-15,17-18H2,1-2H3,(H,31,41)/t22-/m0/s1. The summed E-state index contributed by atoms with van der Waals surface area (Å²) >= 11 is 3.83. The first kappa shape index (κ1) is 31.9. The van der Waals surface area contributed by atoms with E-state index in [1.165, 1.54) is 17.2 Å². The van der Waals surface area contributed by atoms with Gasteiger partial charge >= 0.3 is 148 Å². The number of ether oxygens (including phenoxy) is 1. The summed E-state index contributed by atoms with van der Waals surface area (Å²) in [6.07, 6.45) is 1.09. The van der Waals surface area contributed by atoms with Gasteiger partial charge in [-0.1, -0.05) is 19.1 Å². The van der Waals surface area contributed by atoms with E-state index in [0.717, 1.165) is 4.35 Å². The van der Waals surface area contributed by atoms with Crippen LogP contribution in [0.3, 0.4) is 0 Å². The van der Waals surface area contributed by atoms with Crippen molar-refractivity contribution >= 4 is 73.4 Å². The molecule has 2 atom stereocenters. The second-order valence-corrected chi connectivity index (χ2v) is 19.6. The van der Waals surface area contributed by atoms with Gasteiger partial charge in [-0.3, -0.25) is 4.90 Å². The summed E-state index contributed by atoms with van der Waals surface area (Å²) in [5.74, 6) is -0.788. The Hall–Kier alpha value is -3.02. The number of halogens is 1. The van der Waals surface area contributed by atoms with Gasteiger partial charge in [0.1, 0.15) is 11.9 Å². The number of nitrogens with one attached hydrogen (secondary N) is 1. The maximum atomic E-state index is 15.1. The monoisotopic (exact) mass is 680 g/mol. The van der Waals surface area contributed by atoms with Gasteiger partial charge in [0.15, 0.2) is 0 Å². The number of nitrogens with zero attached hydrogens (tertiary/aromatic N) is 3. The van der Waals surface area contributed by atoms with E-state index in [4.69, 9.17) is 17.0 Å². The molecule has 226 valence electrons. The molecule has 0 aromatic heterocycles. The van der Waals surface area contributed by atoms with Gasteiger partial charge in [0, 0.05) is 0 Å². The molecule has 2 fully saturated rings. The van der Waals surface area contributed by atoms with Gasteiger partial charge in [0.25, 0.3) is 0 Å². The second kappa shape index (κ2) is 14.0. The Labute approximate surface area is 256 Å². The first-order valence-electron chi connectivity index (χ1n) is 13.6. The molecular formula is C28H34AsFN4O6S2. The predicted molar refractivity (Wildman–Crippen MR) is 165 cm³/mol. The van der Waals surface area contributed by atoms with Crippen molar-refractivity contribution in [2.45, 2.75) is 32.3 Å². The SMILES string of the molecule is CCC(=S)NC[C@H]1CN(c2ccc(N3CCN(C(=O)CCC(=O)c4ccc([AsH]S(C)(=O)=O)cc4)CC3)c(F)c2)C(=O)O1. The summed E-state index contributed by atoms with van der Waals surface area (Å²) in [7, 11) is -3.04. The number of hydrogen-bond acceptors (Lipinski definition) is 8. The number of Topliss-reactive ketones (excluding diaryl/α,β-unsaturated/α-hetero) is 1. The maximum Gasteiger partial charge on any atom is 0.414 e. The predicted octanol–water partition coefficient (Wildman–Crippen LogP) is 1.81. The Morgan fingerprint density at radius 2 is 1.79 bits per heavy atom. The zero-order valence-corrected chi connectivity index (χ0v) is 27.2. The van der Waals surface area contributed by atoms with E-state index in [1.807, 2.05) is 11.8 Å². The molecule has 4 rings (SSSR count). The van der Waals surface area contributed by atoms with Crippen LogP contribution in [0, 0.1) is 5.82 Å². The zero-order valence-electron chi connectivity index (χ0n) is 23.5. The quantitative estimate of drug-likeness (QED) is 0.216. The average molecular weight is 681 g/mol. The van der Waals surface area contributed by atoms with E-state index < -0.39 is 34.6 Å². The number of ketones is 1. The van der Waals surface area contributed by atoms with E-state index in [2.05, 4.69) is 5.32 Å². The summed E-state index contributed by atoms with van der Waals surface area (Å²) < 4.78 is 44.2. The van der Waals surface area contributed by atoms with Gasteiger partial charge in [-0.25, -0.2) is 9.18 Å². The number of thiocarbonyl (C=S) groups is 1. The largest absolute Gasteiger partial charge is 0.442 e. The number of cyclic esters (lactones) is 1. The van der Waals surface area contributed by atoms with Crippen molar-refractivity contribution in [1.82, 2.24) is 10.2 Å². The number of anilines is 2. The van der Waals surface area contributed by atoms with Crippen molar-refractivity contribution < 1.29 is 31.9 Å². The zero-order chi connectivity index (χ0) is 30.4. The van der Waals surface area contributed by atoms with Crippen molar-refractivity contribution in [1.29, 1.82) is 0 Å². The molecule has 0 radical (unpaired) electrons. The van der Waals surface area contributed by atoms with E-state index in [1.54, 1.807) is 41.3 Å². The van der Waals surface area contributed by atoms with Crippen molar-refractivity contribution in [2.75, 3.05) is 55.3 Å². The number of benzene rings is 2. The van der Waals surface area contributed by atoms with Crippen LogP contribution in [0.2, 0.25) is 0 Å². The number of carbonyl (C=O) groups is 3. The van der Waals surface area contributed by atoms with Crippen molar-refractivity contribution in [2.24, 2.45) is 0 Å². The van der Waals surface area contributed by atoms with Crippen LogP contribution >= 0.6 is 12.2 Å². The van der Waals surface area contributed by atoms with Crippen molar-refractivity contribution in [3.05, 3.63) is 53.8 Å². The van der Waals surface area contributed by atoms with Crippen molar-refractivity contribution in [3.63, 3.8) is 0 Å². The van der Waals surface area contributed by atoms with Gasteiger partial charge in [-0.15, -0.1) is 0 Å². The van der Waals surface area contributed by atoms with Gasteiger partial charge in [0.05, 0.1) is 29.5 Å². The summed E-state index contributed by atoms with van der Waals surface area (Å²) in [5.41, 5.74) is 1.25. The minimum atomic E-state index is -3.04. The molecule has 2 amide bonds. The molecule has 1 unspecified atom stereocenters. The Bertz CT molecular complexity index is 1450. The molecule has 14 heteroatoms. The Morgan fingerprint density at radius 1 is 1.10 bits per heavy atom. The summed E-state index contributed by atoms with van der Waals surface area (Å²) in [5, 5.41) is 3.06. The molecule has 0 aliphatic carbocycles. The minimum absolute atomic E-state index is 0.0536. The molecule has 2 saturated heterocycles. The normalized spacial score (nSPS) is 17.5. The van der Waals surface area contributed by atoms with Crippen LogP contribution < -0.4 is 19.5 Å². The fourth-order valence-corrected chi connectivity index (χ4v) is 9.32. The molecule has 0 spiro atoms. The molecule has 2 aromatic rings. The molecule has 42 heavy (non-hydrogen) atoms. The molecule has 10 nitrogen and oxygen atoms in total. The van der Waals surface area contributed by atoms with Crippen LogP contribution in [-0.4, -0.2) is 102 Å². The van der Waals surface area contributed by atoms with E-state index >= 15 is 4.39 Å². The van der Waals surface area contributed by atoms with E-state index in [0.29, 0.717) is 61.1 Å². The second-order valence-electron chi connectivity index (χ2n) is 10.2. The van der Waals surface area contributed by atoms with Crippen LogP contribution in [-0.2, 0) is 17.6 Å². The molecule has 2 aliphatic rings. The Balaban J connectivity index is 1.25. The number of hydrogen-bond donors (Lipinski definition) is 1. The maximum absolute atomic E-state index is 15.1. The van der Waals surface area contributed by atoms with Crippen LogP contribution in [0.5, 0.6) is 0 Å². The molecule has 0 saturated carbocycles. The number of piperazine rings is 1. The third-order valence-electron chi connectivity index (χ3n) is 7.01. The molecule has 2 aliphatic heterocycles. The molecule has 0 bridgehead atoms. The fourth-order valence-electron chi connectivity index (χ4n) is 4.77. The van der Waals surface area contributed by atoms with Crippen LogP contribution in [0.15, 0.2) is 42.5 Å². The third-order valence-corrected chi connectivity index (χ3v) is 12.6. The first-order valence-corrected chi connectivity index (χ1v) is 19.5. The molecule has 2 heterocycles. The molecular weight excluding hydrogens is 646 g/mol. The summed E-state index contributed by atoms with van der Waals surface area (Å²) in [6, 6.07) is 11.2. The van der Waals surface area contributed by atoms with Gasteiger partial charge < -0.3 is 10.1 Å². The van der Waals surface area contributed by atoms with Gasteiger partial charge in [-0.2, -0.15) is 0 Å². The molecule has 2 aromatic carbocycles. The fraction of sp³-hybridized carbons (Fsp3) is 0.429. The number of amides is 2. The van der Waals surface area contributed by atoms with E-state index in [9.17, 15) is 22.8 Å². The van der Waals surface area contributed by atoms with Crippen LogP contribution in [0.25, 0.3) is 0 Å². The number of rotatable bonds is 11. The smallest absolute Gasteiger partial charge is 0.414 e. The topological polar surface area (TPSA) is 116 Å². The first-order chi connectivity index (χ1) is 19.9. The molecule has 1 N–H and O–H groups in total. The minimum Gasteiger partial charge on any atom is -0.442 e. The number of carbonyl (C=O) groups excluding carboxylic acids is 3.